The van der Waals surface area contributed by atoms with Crippen LogP contribution in [0.5, 0.6) is 0 Å². The number of nitrogens with one attached hydrogen (secondary N) is 1. The van der Waals surface area contributed by atoms with Crippen LogP contribution in [0.25, 0.3) is 0 Å². The highest BCUT2D eigenvalue weighted by molar-refractivity contribution is 5.72. The molecule has 2 heteroatoms. The highest BCUT2D eigenvalue weighted by Crippen LogP contribution is 2.10. The Morgan fingerprint density at radius 1 is 1.29 bits per heavy atom. The first-order chi connectivity index (χ1) is 6.52. The fourth-order valence-electron chi connectivity index (χ4n) is 1.30. The van der Waals surface area contributed by atoms with Gasteiger partial charge in [-0.3, -0.25) is 4.79 Å². The quantitative estimate of drug-likeness (QED) is 0.652. The average molecular weight is 197 g/mol. The van der Waals surface area contributed by atoms with Crippen molar-refractivity contribution >= 4 is 5.91 Å². The Hall–Kier alpha value is -0.790. The van der Waals surface area contributed by atoms with Crippen LogP contribution < -0.4 is 5.32 Å². The van der Waals surface area contributed by atoms with E-state index in [0.717, 1.165) is 19.4 Å². The number of amides is 1. The van der Waals surface area contributed by atoms with Crippen LogP contribution in [-0.2, 0) is 4.79 Å². The predicted molar refractivity (Wildman–Crippen MR) is 61.1 cm³/mol. The van der Waals surface area contributed by atoms with Crippen LogP contribution in [0.1, 0.15) is 47.0 Å². The summed E-state index contributed by atoms with van der Waals surface area (Å²) in [5.74, 6) is 0.763. The molecule has 0 aliphatic carbocycles. The second-order valence-corrected chi connectivity index (χ2v) is 4.24. The van der Waals surface area contributed by atoms with Gasteiger partial charge < -0.3 is 5.32 Å². The van der Waals surface area contributed by atoms with Crippen molar-refractivity contribution in [1.29, 1.82) is 0 Å². The lowest BCUT2D eigenvalue weighted by Gasteiger charge is -2.09. The fourth-order valence-corrected chi connectivity index (χ4v) is 1.30. The van der Waals surface area contributed by atoms with Crippen LogP contribution in [0.2, 0.25) is 0 Å². The maximum Gasteiger partial charge on any atom is 0.216 e. The second-order valence-electron chi connectivity index (χ2n) is 4.24. The van der Waals surface area contributed by atoms with E-state index in [1.54, 1.807) is 6.92 Å². The minimum atomic E-state index is 0.0708. The Balaban J connectivity index is 3.41. The first kappa shape index (κ1) is 13.2. The number of rotatable bonds is 6. The van der Waals surface area contributed by atoms with E-state index in [0.29, 0.717) is 5.92 Å². The molecule has 0 bridgehead atoms. The molecular formula is C12H23NO. The average Bonchev–Trinajstić information content (AvgIpc) is 2.02. The molecule has 2 nitrogen and oxygen atoms in total. The summed E-state index contributed by atoms with van der Waals surface area (Å²) in [5, 5.41) is 2.82. The monoisotopic (exact) mass is 197 g/mol. The van der Waals surface area contributed by atoms with E-state index in [1.165, 1.54) is 12.0 Å². The van der Waals surface area contributed by atoms with Crippen LogP contribution in [0, 0.1) is 5.92 Å². The van der Waals surface area contributed by atoms with Gasteiger partial charge >= 0.3 is 0 Å². The molecule has 0 saturated heterocycles. The molecular weight excluding hydrogens is 174 g/mol. The highest BCUT2D eigenvalue weighted by atomic mass is 16.1. The number of carbonyl (C=O) groups is 1. The van der Waals surface area contributed by atoms with Gasteiger partial charge in [-0.2, -0.15) is 0 Å². The summed E-state index contributed by atoms with van der Waals surface area (Å²) in [6.07, 6.45) is 5.72. The summed E-state index contributed by atoms with van der Waals surface area (Å²) in [6, 6.07) is 0. The zero-order chi connectivity index (χ0) is 11.0. The summed E-state index contributed by atoms with van der Waals surface area (Å²) in [7, 11) is 0. The van der Waals surface area contributed by atoms with Crippen molar-refractivity contribution in [2.75, 3.05) is 6.54 Å². The third-order valence-electron chi connectivity index (χ3n) is 2.22. The third kappa shape index (κ3) is 9.30. The number of hydrogen-bond acceptors (Lipinski definition) is 1. The van der Waals surface area contributed by atoms with Gasteiger partial charge in [-0.1, -0.05) is 18.6 Å². The first-order valence-corrected chi connectivity index (χ1v) is 5.40. The van der Waals surface area contributed by atoms with Crippen molar-refractivity contribution in [1.82, 2.24) is 5.32 Å². The first-order valence-electron chi connectivity index (χ1n) is 5.40. The van der Waals surface area contributed by atoms with E-state index >= 15 is 0 Å². The molecule has 0 radical (unpaired) electrons. The van der Waals surface area contributed by atoms with E-state index in [9.17, 15) is 4.79 Å². The summed E-state index contributed by atoms with van der Waals surface area (Å²) < 4.78 is 0. The van der Waals surface area contributed by atoms with Gasteiger partial charge in [0.1, 0.15) is 0 Å². The molecule has 0 aromatic heterocycles. The van der Waals surface area contributed by atoms with Gasteiger partial charge in [-0.15, -0.1) is 0 Å². The maximum atomic E-state index is 10.6. The number of allylic oxidation sites excluding steroid dienone is 2. The van der Waals surface area contributed by atoms with Gasteiger partial charge in [0.2, 0.25) is 5.91 Å². The Morgan fingerprint density at radius 3 is 2.43 bits per heavy atom. The summed E-state index contributed by atoms with van der Waals surface area (Å²) in [5.41, 5.74) is 1.39. The standard InChI is InChI=1S/C12H23NO/c1-10(2)6-5-7-11(3)8-9-13-12(4)14/h6,11H,5,7-9H2,1-4H3,(H,13,14)/t11-/m0/s1. The molecule has 14 heavy (non-hydrogen) atoms. The van der Waals surface area contributed by atoms with Crippen molar-refractivity contribution in [3.8, 4) is 0 Å². The van der Waals surface area contributed by atoms with Gasteiger partial charge in [0.15, 0.2) is 0 Å². The molecule has 0 spiro atoms. The van der Waals surface area contributed by atoms with Gasteiger partial charge in [0.25, 0.3) is 0 Å². The normalized spacial score (nSPS) is 12.0. The van der Waals surface area contributed by atoms with E-state index in [2.05, 4.69) is 32.2 Å². The van der Waals surface area contributed by atoms with E-state index in [4.69, 9.17) is 0 Å². The lowest BCUT2D eigenvalue weighted by atomic mass is 10.0. The highest BCUT2D eigenvalue weighted by Gasteiger charge is 2.00. The lowest BCUT2D eigenvalue weighted by molar-refractivity contribution is -0.118. The zero-order valence-electron chi connectivity index (χ0n) is 9.89. The summed E-state index contributed by atoms with van der Waals surface area (Å²) in [4.78, 5) is 10.6. The molecule has 0 heterocycles. The second kappa shape index (κ2) is 7.60. The van der Waals surface area contributed by atoms with Crippen molar-refractivity contribution in [2.45, 2.75) is 47.0 Å². The summed E-state index contributed by atoms with van der Waals surface area (Å²) >= 11 is 0. The maximum absolute atomic E-state index is 10.6. The number of carbonyl (C=O) groups excluding carboxylic acids is 1. The zero-order valence-corrected chi connectivity index (χ0v) is 9.89. The molecule has 0 unspecified atom stereocenters. The van der Waals surface area contributed by atoms with E-state index < -0.39 is 0 Å². The molecule has 0 aromatic carbocycles. The van der Waals surface area contributed by atoms with Crippen LogP contribution in [0.3, 0.4) is 0 Å². The van der Waals surface area contributed by atoms with Crippen LogP contribution in [0.4, 0.5) is 0 Å². The fraction of sp³-hybridized carbons (Fsp3) is 0.750. The molecule has 0 aliphatic heterocycles. The molecule has 0 saturated carbocycles. The van der Waals surface area contributed by atoms with Crippen molar-refractivity contribution in [3.05, 3.63) is 11.6 Å². The van der Waals surface area contributed by atoms with Crippen molar-refractivity contribution < 1.29 is 4.79 Å². The smallest absolute Gasteiger partial charge is 0.216 e. The van der Waals surface area contributed by atoms with Gasteiger partial charge in [0.05, 0.1) is 0 Å². The molecule has 0 fully saturated rings. The molecule has 82 valence electrons. The Bertz CT molecular complexity index is 192. The Morgan fingerprint density at radius 2 is 1.93 bits per heavy atom. The molecule has 1 N–H and O–H groups in total. The molecule has 0 aromatic rings. The molecule has 1 atom stereocenters. The van der Waals surface area contributed by atoms with Crippen LogP contribution >= 0.6 is 0 Å². The Kier molecular flexibility index (Phi) is 7.17. The minimum Gasteiger partial charge on any atom is -0.356 e. The van der Waals surface area contributed by atoms with Gasteiger partial charge in [0, 0.05) is 13.5 Å². The van der Waals surface area contributed by atoms with Crippen LogP contribution in [-0.4, -0.2) is 12.5 Å². The number of hydrogen-bond donors (Lipinski definition) is 1. The lowest BCUT2D eigenvalue weighted by Crippen LogP contribution is -2.22. The SMILES string of the molecule is CC(=O)NCC[C@@H](C)CCC=C(C)C. The molecule has 1 amide bonds. The third-order valence-corrected chi connectivity index (χ3v) is 2.22. The van der Waals surface area contributed by atoms with E-state index in [-0.39, 0.29) is 5.91 Å². The Labute approximate surface area is 87.8 Å². The van der Waals surface area contributed by atoms with Gasteiger partial charge in [-0.25, -0.2) is 0 Å². The molecule has 0 aliphatic rings. The summed E-state index contributed by atoms with van der Waals surface area (Å²) in [6.45, 7) is 8.86. The van der Waals surface area contributed by atoms with Gasteiger partial charge in [-0.05, 0) is 39.0 Å². The van der Waals surface area contributed by atoms with E-state index in [1.807, 2.05) is 0 Å². The largest absolute Gasteiger partial charge is 0.356 e. The topological polar surface area (TPSA) is 29.1 Å². The van der Waals surface area contributed by atoms with Crippen molar-refractivity contribution in [3.63, 3.8) is 0 Å². The minimum absolute atomic E-state index is 0.0708. The van der Waals surface area contributed by atoms with Crippen molar-refractivity contribution in [2.24, 2.45) is 5.92 Å². The molecule has 0 rings (SSSR count). The van der Waals surface area contributed by atoms with Crippen LogP contribution in [0.15, 0.2) is 11.6 Å². The predicted octanol–water partition coefficient (Wildman–Crippen LogP) is 2.90.